The van der Waals surface area contributed by atoms with E-state index in [4.69, 9.17) is 5.11 Å². The molecule has 0 amide bonds. The number of hydrogen-bond acceptors (Lipinski definition) is 2. The molecule has 0 atom stereocenters. The Balaban J connectivity index is 3.22. The van der Waals surface area contributed by atoms with Crippen LogP contribution in [0.2, 0.25) is 0 Å². The van der Waals surface area contributed by atoms with Crippen molar-refractivity contribution in [1.29, 1.82) is 0 Å². The van der Waals surface area contributed by atoms with E-state index < -0.39 is 23.7 Å². The molecule has 0 bridgehead atoms. The molecular weight excluding hydrogens is 189 g/mol. The molecular formula is C6H5F3N2O2. The van der Waals surface area contributed by atoms with Crippen LogP contribution in [0.15, 0.2) is 6.20 Å². The molecule has 0 aliphatic rings. The Morgan fingerprint density at radius 3 is 2.38 bits per heavy atom. The fourth-order valence-corrected chi connectivity index (χ4v) is 0.872. The van der Waals surface area contributed by atoms with Gasteiger partial charge in [0, 0.05) is 7.05 Å². The van der Waals surface area contributed by atoms with Crippen LogP contribution in [0, 0.1) is 0 Å². The maximum Gasteiger partial charge on any atom is 0.449 e. The number of rotatable bonds is 1. The maximum atomic E-state index is 12.0. The van der Waals surface area contributed by atoms with Crippen LogP contribution < -0.4 is 0 Å². The topological polar surface area (TPSA) is 55.1 Å². The van der Waals surface area contributed by atoms with E-state index in [1.807, 2.05) is 0 Å². The molecule has 0 saturated carbocycles. The van der Waals surface area contributed by atoms with Crippen molar-refractivity contribution in [2.24, 2.45) is 7.05 Å². The van der Waals surface area contributed by atoms with Crippen LogP contribution in [0.25, 0.3) is 0 Å². The number of carboxylic acid groups (broad SMARTS) is 1. The lowest BCUT2D eigenvalue weighted by Crippen LogP contribution is -2.15. The molecule has 13 heavy (non-hydrogen) atoms. The zero-order chi connectivity index (χ0) is 10.2. The monoisotopic (exact) mass is 194 g/mol. The fraction of sp³-hybridized carbons (Fsp3) is 0.333. The first-order chi connectivity index (χ1) is 5.84. The van der Waals surface area contributed by atoms with Crippen LogP contribution in [-0.4, -0.2) is 20.6 Å². The van der Waals surface area contributed by atoms with Crippen molar-refractivity contribution in [3.05, 3.63) is 17.7 Å². The molecule has 0 saturated heterocycles. The molecule has 72 valence electrons. The number of halogens is 3. The van der Waals surface area contributed by atoms with Gasteiger partial charge in [0.15, 0.2) is 0 Å². The van der Waals surface area contributed by atoms with E-state index in [9.17, 15) is 18.0 Å². The Morgan fingerprint density at radius 2 is 2.15 bits per heavy atom. The van der Waals surface area contributed by atoms with Crippen molar-refractivity contribution in [3.63, 3.8) is 0 Å². The third-order valence-electron chi connectivity index (χ3n) is 1.46. The molecule has 0 unspecified atom stereocenters. The van der Waals surface area contributed by atoms with Crippen LogP contribution in [-0.2, 0) is 13.2 Å². The lowest BCUT2D eigenvalue weighted by molar-refractivity contribution is -0.146. The summed E-state index contributed by atoms with van der Waals surface area (Å²) < 4.78 is 36.6. The smallest absolute Gasteiger partial charge is 0.449 e. The first-order valence-corrected chi connectivity index (χ1v) is 3.16. The van der Waals surface area contributed by atoms with Crippen LogP contribution in [0.5, 0.6) is 0 Å². The molecule has 0 spiro atoms. The first kappa shape index (κ1) is 9.56. The second-order valence-corrected chi connectivity index (χ2v) is 2.33. The summed E-state index contributed by atoms with van der Waals surface area (Å²) in [5.74, 6) is -2.66. The predicted octanol–water partition coefficient (Wildman–Crippen LogP) is 1.14. The molecule has 7 heteroatoms. The lowest BCUT2D eigenvalue weighted by Gasteiger charge is -2.05. The average molecular weight is 194 g/mol. The van der Waals surface area contributed by atoms with Gasteiger partial charge in [-0.05, 0) is 0 Å². The number of aromatic carboxylic acids is 1. The minimum atomic E-state index is -4.62. The van der Waals surface area contributed by atoms with Crippen molar-refractivity contribution < 1.29 is 23.1 Å². The summed E-state index contributed by atoms with van der Waals surface area (Å²) in [5.41, 5.74) is -0.493. The van der Waals surface area contributed by atoms with Gasteiger partial charge in [0.25, 0.3) is 0 Å². The number of imidazole rings is 1. The summed E-state index contributed by atoms with van der Waals surface area (Å²) in [5, 5.41) is 8.42. The number of carboxylic acids is 1. The summed E-state index contributed by atoms with van der Waals surface area (Å²) in [6.07, 6.45) is -3.95. The van der Waals surface area contributed by atoms with Gasteiger partial charge < -0.3 is 9.67 Å². The molecule has 0 radical (unpaired) electrons. The van der Waals surface area contributed by atoms with E-state index in [1.165, 1.54) is 0 Å². The van der Waals surface area contributed by atoms with E-state index in [2.05, 4.69) is 4.98 Å². The van der Waals surface area contributed by atoms with Gasteiger partial charge in [-0.1, -0.05) is 0 Å². The minimum Gasteiger partial charge on any atom is -0.477 e. The molecule has 1 heterocycles. The second kappa shape index (κ2) is 2.75. The Kier molecular flexibility index (Phi) is 2.02. The van der Waals surface area contributed by atoms with E-state index in [1.54, 1.807) is 0 Å². The Morgan fingerprint density at radius 1 is 1.62 bits per heavy atom. The normalized spacial score (nSPS) is 11.7. The van der Waals surface area contributed by atoms with Crippen LogP contribution in [0.3, 0.4) is 0 Å². The number of alkyl halides is 3. The third-order valence-corrected chi connectivity index (χ3v) is 1.46. The SMILES string of the molecule is Cn1c(C(=O)O)cnc1C(F)(F)F. The summed E-state index contributed by atoms with van der Waals surface area (Å²) >= 11 is 0. The summed E-state index contributed by atoms with van der Waals surface area (Å²) in [6, 6.07) is 0. The highest BCUT2D eigenvalue weighted by Gasteiger charge is 2.37. The van der Waals surface area contributed by atoms with E-state index in [-0.39, 0.29) is 0 Å². The highest BCUT2D eigenvalue weighted by molar-refractivity contribution is 5.85. The van der Waals surface area contributed by atoms with Gasteiger partial charge in [-0.2, -0.15) is 13.2 Å². The van der Waals surface area contributed by atoms with Gasteiger partial charge >= 0.3 is 12.1 Å². The summed E-state index contributed by atoms with van der Waals surface area (Å²) in [4.78, 5) is 13.3. The fourth-order valence-electron chi connectivity index (χ4n) is 0.872. The number of aromatic nitrogens is 2. The highest BCUT2D eigenvalue weighted by Crippen LogP contribution is 2.27. The molecule has 4 nitrogen and oxygen atoms in total. The number of nitrogens with zero attached hydrogens (tertiary/aromatic N) is 2. The summed E-state index contributed by atoms with van der Waals surface area (Å²) in [6.45, 7) is 0. The van der Waals surface area contributed by atoms with Crippen LogP contribution in [0.4, 0.5) is 13.2 Å². The van der Waals surface area contributed by atoms with Crippen molar-refractivity contribution >= 4 is 5.97 Å². The molecule has 0 aliphatic carbocycles. The molecule has 1 N–H and O–H groups in total. The molecule has 0 aliphatic heterocycles. The second-order valence-electron chi connectivity index (χ2n) is 2.33. The van der Waals surface area contributed by atoms with Gasteiger partial charge in [-0.3, -0.25) is 0 Å². The number of hydrogen-bond donors (Lipinski definition) is 1. The first-order valence-electron chi connectivity index (χ1n) is 3.16. The maximum absolute atomic E-state index is 12.0. The predicted molar refractivity (Wildman–Crippen MR) is 35.2 cm³/mol. The molecule has 1 rings (SSSR count). The van der Waals surface area contributed by atoms with E-state index in [0.29, 0.717) is 10.8 Å². The zero-order valence-corrected chi connectivity index (χ0v) is 6.46. The van der Waals surface area contributed by atoms with Gasteiger partial charge in [0.2, 0.25) is 5.82 Å². The molecule has 1 aromatic rings. The van der Waals surface area contributed by atoms with Crippen molar-refractivity contribution in [2.45, 2.75) is 6.18 Å². The summed E-state index contributed by atoms with van der Waals surface area (Å²) in [7, 11) is 0.999. The number of carbonyl (C=O) groups is 1. The van der Waals surface area contributed by atoms with Crippen LogP contribution in [0.1, 0.15) is 16.3 Å². The van der Waals surface area contributed by atoms with Crippen LogP contribution >= 0.6 is 0 Å². The molecule has 1 aromatic heterocycles. The standard InChI is InChI=1S/C6H5F3N2O2/c1-11-3(4(12)13)2-10-5(11)6(7,8)9/h2H,1H3,(H,12,13). The third kappa shape index (κ3) is 1.63. The lowest BCUT2D eigenvalue weighted by atomic mass is 10.5. The minimum absolute atomic E-state index is 0.488. The van der Waals surface area contributed by atoms with E-state index >= 15 is 0 Å². The molecule has 0 aromatic carbocycles. The Bertz CT molecular complexity index is 342. The van der Waals surface area contributed by atoms with Crippen molar-refractivity contribution in [2.75, 3.05) is 0 Å². The van der Waals surface area contributed by atoms with Crippen molar-refractivity contribution in [3.8, 4) is 0 Å². The van der Waals surface area contributed by atoms with Gasteiger partial charge in [0.05, 0.1) is 6.20 Å². The van der Waals surface area contributed by atoms with Crippen molar-refractivity contribution in [1.82, 2.24) is 9.55 Å². The largest absolute Gasteiger partial charge is 0.477 e. The average Bonchev–Trinajstić information content (AvgIpc) is 2.28. The van der Waals surface area contributed by atoms with E-state index in [0.717, 1.165) is 7.05 Å². The van der Waals surface area contributed by atoms with Gasteiger partial charge in [0.1, 0.15) is 5.69 Å². The van der Waals surface area contributed by atoms with Gasteiger partial charge in [-0.25, -0.2) is 9.78 Å². The highest BCUT2D eigenvalue weighted by atomic mass is 19.4. The Labute approximate surface area is 70.6 Å². The zero-order valence-electron chi connectivity index (χ0n) is 6.46. The quantitative estimate of drug-likeness (QED) is 0.729. The molecule has 0 fully saturated rings. The Hall–Kier alpha value is -1.53. The van der Waals surface area contributed by atoms with Gasteiger partial charge in [-0.15, -0.1) is 0 Å².